The van der Waals surface area contributed by atoms with Crippen LogP contribution in [0.4, 0.5) is 4.39 Å². The third-order valence-corrected chi connectivity index (χ3v) is 1.47. The van der Waals surface area contributed by atoms with Crippen LogP contribution in [0.1, 0.15) is 10.4 Å². The molecule has 5 nitrogen and oxygen atoms in total. The van der Waals surface area contributed by atoms with Gasteiger partial charge in [-0.3, -0.25) is 14.4 Å². The highest BCUT2D eigenvalue weighted by atomic mass is 19.1. The van der Waals surface area contributed by atoms with Crippen LogP contribution in [0.25, 0.3) is 0 Å². The second kappa shape index (κ2) is 5.06. The summed E-state index contributed by atoms with van der Waals surface area (Å²) in [5, 5.41) is 0. The molecule has 0 aliphatic heterocycles. The molecule has 0 fully saturated rings. The van der Waals surface area contributed by atoms with Crippen molar-refractivity contribution in [2.45, 2.75) is 0 Å². The molecule has 0 bridgehead atoms. The number of amides is 2. The lowest BCUT2D eigenvalue weighted by molar-refractivity contribution is -0.124. The Labute approximate surface area is 85.0 Å². The minimum atomic E-state index is -0.713. The average Bonchev–Trinajstić information content (AvgIpc) is 2.17. The Kier molecular flexibility index (Phi) is 3.75. The van der Waals surface area contributed by atoms with E-state index in [9.17, 15) is 14.0 Å². The van der Waals surface area contributed by atoms with E-state index in [4.69, 9.17) is 5.73 Å². The molecule has 80 valence electrons. The molecule has 0 radical (unpaired) electrons. The maximum absolute atomic E-state index is 12.7. The molecule has 3 N–H and O–H groups in total. The molecule has 1 aromatic carbocycles. The van der Waals surface area contributed by atoms with Gasteiger partial charge in [-0.2, -0.15) is 0 Å². The smallest absolute Gasteiger partial charge is 0.274 e. The normalized spacial score (nSPS) is 9.67. The summed E-state index contributed by atoms with van der Waals surface area (Å²) >= 11 is 0. The van der Waals surface area contributed by atoms with Gasteiger partial charge in [0.15, 0.2) is 6.61 Å². The predicted molar refractivity (Wildman–Crippen MR) is 49.0 cm³/mol. The number of rotatable bonds is 4. The van der Waals surface area contributed by atoms with Crippen molar-refractivity contribution < 1.29 is 18.8 Å². The molecule has 0 unspecified atom stereocenters. The van der Waals surface area contributed by atoms with Gasteiger partial charge in [-0.05, 0) is 18.2 Å². The predicted octanol–water partition coefficient (Wildman–Crippen LogP) is -0.0276. The minimum absolute atomic E-state index is 0.0967. The van der Waals surface area contributed by atoms with Gasteiger partial charge >= 0.3 is 0 Å². The fraction of sp³-hybridized carbons (Fsp3) is 0.111. The van der Waals surface area contributed by atoms with Crippen molar-refractivity contribution in [2.75, 3.05) is 6.61 Å². The Morgan fingerprint density at radius 2 is 2.20 bits per heavy atom. The zero-order valence-electron chi connectivity index (χ0n) is 7.70. The molecule has 0 spiro atoms. The summed E-state index contributed by atoms with van der Waals surface area (Å²) < 4.78 is 12.7. The van der Waals surface area contributed by atoms with Crippen molar-refractivity contribution >= 4 is 11.8 Å². The second-order valence-electron chi connectivity index (χ2n) is 2.70. The van der Waals surface area contributed by atoms with Gasteiger partial charge in [0.05, 0.1) is 0 Å². The molecule has 0 aliphatic rings. The van der Waals surface area contributed by atoms with Gasteiger partial charge in [0.25, 0.3) is 5.91 Å². The fourth-order valence-electron chi connectivity index (χ4n) is 0.861. The van der Waals surface area contributed by atoms with E-state index in [1.54, 1.807) is 0 Å². The van der Waals surface area contributed by atoms with Crippen LogP contribution >= 0.6 is 0 Å². The standard InChI is InChI=1S/C9H9FN2O3/c10-7-3-1-2-6(4-7)9(14)12-15-5-8(11)13/h1-4H,5H2,(H2,11,13)(H,12,14). The summed E-state index contributed by atoms with van der Waals surface area (Å²) in [4.78, 5) is 25.9. The van der Waals surface area contributed by atoms with Crippen LogP contribution in [-0.2, 0) is 9.63 Å². The zero-order chi connectivity index (χ0) is 11.3. The van der Waals surface area contributed by atoms with Gasteiger partial charge in [0.1, 0.15) is 5.82 Å². The molecule has 1 rings (SSSR count). The highest BCUT2D eigenvalue weighted by Crippen LogP contribution is 2.02. The number of carbonyl (C=O) groups is 2. The van der Waals surface area contributed by atoms with Gasteiger partial charge in [0, 0.05) is 5.56 Å². The van der Waals surface area contributed by atoms with E-state index in [0.717, 1.165) is 6.07 Å². The van der Waals surface area contributed by atoms with Gasteiger partial charge in [0.2, 0.25) is 5.91 Å². The lowest BCUT2D eigenvalue weighted by atomic mass is 10.2. The van der Waals surface area contributed by atoms with Crippen LogP contribution in [0.5, 0.6) is 0 Å². The Morgan fingerprint density at radius 1 is 1.47 bits per heavy atom. The highest BCUT2D eigenvalue weighted by Gasteiger charge is 2.06. The largest absolute Gasteiger partial charge is 0.368 e. The van der Waals surface area contributed by atoms with Gasteiger partial charge in [-0.25, -0.2) is 9.87 Å². The summed E-state index contributed by atoms with van der Waals surface area (Å²) in [6.07, 6.45) is 0. The third-order valence-electron chi connectivity index (χ3n) is 1.47. The number of benzene rings is 1. The van der Waals surface area contributed by atoms with Crippen LogP contribution in [0.3, 0.4) is 0 Å². The number of hydrogen-bond donors (Lipinski definition) is 2. The quantitative estimate of drug-likeness (QED) is 0.688. The molecule has 1 aromatic rings. The molecule has 15 heavy (non-hydrogen) atoms. The fourth-order valence-corrected chi connectivity index (χ4v) is 0.861. The van der Waals surface area contributed by atoms with E-state index >= 15 is 0 Å². The third kappa shape index (κ3) is 3.74. The molecule has 6 heteroatoms. The zero-order valence-corrected chi connectivity index (χ0v) is 7.70. The highest BCUT2D eigenvalue weighted by molar-refractivity contribution is 5.93. The van der Waals surface area contributed by atoms with Crippen LogP contribution in [0.15, 0.2) is 24.3 Å². The number of nitrogens with one attached hydrogen (secondary N) is 1. The maximum Gasteiger partial charge on any atom is 0.274 e. The van der Waals surface area contributed by atoms with Crippen molar-refractivity contribution in [3.63, 3.8) is 0 Å². The number of hydrogen-bond acceptors (Lipinski definition) is 3. The maximum atomic E-state index is 12.7. The summed E-state index contributed by atoms with van der Waals surface area (Å²) in [6, 6.07) is 5.05. The number of carbonyl (C=O) groups excluding carboxylic acids is 2. The van der Waals surface area contributed by atoms with E-state index in [2.05, 4.69) is 4.84 Å². The van der Waals surface area contributed by atoms with E-state index < -0.39 is 24.2 Å². The van der Waals surface area contributed by atoms with E-state index in [1.807, 2.05) is 5.48 Å². The average molecular weight is 212 g/mol. The van der Waals surface area contributed by atoms with E-state index in [1.165, 1.54) is 18.2 Å². The monoisotopic (exact) mass is 212 g/mol. The molecule has 0 saturated heterocycles. The topological polar surface area (TPSA) is 81.4 Å². The Balaban J connectivity index is 2.50. The van der Waals surface area contributed by atoms with Crippen LogP contribution < -0.4 is 11.2 Å². The van der Waals surface area contributed by atoms with Crippen molar-refractivity contribution in [1.29, 1.82) is 0 Å². The van der Waals surface area contributed by atoms with E-state index in [-0.39, 0.29) is 5.56 Å². The van der Waals surface area contributed by atoms with Crippen LogP contribution in [0, 0.1) is 5.82 Å². The summed E-state index contributed by atoms with van der Waals surface area (Å²) in [6.45, 7) is -0.430. The van der Waals surface area contributed by atoms with Gasteiger partial charge in [-0.15, -0.1) is 0 Å². The lowest BCUT2D eigenvalue weighted by Crippen LogP contribution is -2.29. The first-order valence-corrected chi connectivity index (χ1v) is 4.05. The first-order chi connectivity index (χ1) is 7.09. The molecule has 0 aliphatic carbocycles. The molecule has 0 saturated carbocycles. The summed E-state index contributed by atoms with van der Waals surface area (Å²) in [5.74, 6) is -1.89. The Hall–Kier alpha value is -1.95. The Morgan fingerprint density at radius 3 is 2.80 bits per heavy atom. The molecule has 2 amide bonds. The summed E-state index contributed by atoms with van der Waals surface area (Å²) in [5.41, 5.74) is 6.81. The molecule has 0 atom stereocenters. The van der Waals surface area contributed by atoms with Crippen LogP contribution in [0.2, 0.25) is 0 Å². The molecular weight excluding hydrogens is 203 g/mol. The minimum Gasteiger partial charge on any atom is -0.368 e. The number of hydroxylamine groups is 1. The number of halogens is 1. The van der Waals surface area contributed by atoms with Crippen molar-refractivity contribution in [1.82, 2.24) is 5.48 Å². The molecule has 0 heterocycles. The van der Waals surface area contributed by atoms with Gasteiger partial charge in [-0.1, -0.05) is 6.07 Å². The second-order valence-corrected chi connectivity index (χ2v) is 2.70. The van der Waals surface area contributed by atoms with Crippen LogP contribution in [-0.4, -0.2) is 18.4 Å². The lowest BCUT2D eigenvalue weighted by Gasteiger charge is -2.03. The van der Waals surface area contributed by atoms with Crippen molar-refractivity contribution in [3.05, 3.63) is 35.6 Å². The first kappa shape index (κ1) is 11.1. The first-order valence-electron chi connectivity index (χ1n) is 4.05. The van der Waals surface area contributed by atoms with E-state index in [0.29, 0.717) is 0 Å². The van der Waals surface area contributed by atoms with Crippen molar-refractivity contribution in [3.8, 4) is 0 Å². The van der Waals surface area contributed by atoms with Crippen molar-refractivity contribution in [2.24, 2.45) is 5.73 Å². The number of primary amides is 1. The SMILES string of the molecule is NC(=O)CONC(=O)c1cccc(F)c1. The molecular formula is C9H9FN2O3. The molecule has 0 aromatic heterocycles. The Bertz CT molecular complexity index is 381. The number of nitrogens with two attached hydrogens (primary N) is 1. The summed E-state index contributed by atoms with van der Waals surface area (Å²) in [7, 11) is 0. The van der Waals surface area contributed by atoms with Gasteiger partial charge < -0.3 is 5.73 Å².